The largest absolute Gasteiger partial charge is 0.312 e. The van der Waals surface area contributed by atoms with Crippen LogP contribution in [0.4, 0.5) is 5.69 Å². The van der Waals surface area contributed by atoms with Gasteiger partial charge in [0.1, 0.15) is 0 Å². The van der Waals surface area contributed by atoms with Gasteiger partial charge in [0.05, 0.1) is 4.90 Å². The summed E-state index contributed by atoms with van der Waals surface area (Å²) < 4.78 is 27.2. The highest BCUT2D eigenvalue weighted by Crippen LogP contribution is 2.31. The smallest absolute Gasteiger partial charge is 0.243 e. The molecule has 0 radical (unpaired) electrons. The second kappa shape index (κ2) is 6.22. The summed E-state index contributed by atoms with van der Waals surface area (Å²) in [5, 5.41) is 0. The maximum atomic E-state index is 12.8. The number of anilines is 1. The van der Waals surface area contributed by atoms with Gasteiger partial charge < -0.3 is 9.80 Å². The van der Waals surface area contributed by atoms with Gasteiger partial charge in [-0.25, -0.2) is 8.42 Å². The molecule has 0 N–H and O–H groups in total. The van der Waals surface area contributed by atoms with Gasteiger partial charge in [-0.3, -0.25) is 4.79 Å². The van der Waals surface area contributed by atoms with Crippen molar-refractivity contribution in [1.82, 2.24) is 9.21 Å². The molecule has 0 bridgehead atoms. The third-order valence-corrected chi connectivity index (χ3v) is 6.56. The summed E-state index contributed by atoms with van der Waals surface area (Å²) in [7, 11) is -1.45. The summed E-state index contributed by atoms with van der Waals surface area (Å²) in [5.41, 5.74) is 1.79. The zero-order valence-corrected chi connectivity index (χ0v) is 14.5. The van der Waals surface area contributed by atoms with Gasteiger partial charge in [-0.05, 0) is 44.2 Å². The molecule has 126 valence electrons. The number of carbonyl (C=O) groups is 1. The van der Waals surface area contributed by atoms with Gasteiger partial charge in [-0.2, -0.15) is 4.31 Å². The molecule has 1 fully saturated rings. The van der Waals surface area contributed by atoms with Crippen molar-refractivity contribution >= 4 is 21.6 Å². The van der Waals surface area contributed by atoms with Crippen LogP contribution in [0.15, 0.2) is 23.1 Å². The first-order valence-corrected chi connectivity index (χ1v) is 9.49. The van der Waals surface area contributed by atoms with Crippen molar-refractivity contribution in [3.63, 3.8) is 0 Å². The summed E-state index contributed by atoms with van der Waals surface area (Å²) >= 11 is 0. The Balaban J connectivity index is 1.91. The second-order valence-electron chi connectivity index (χ2n) is 6.14. The minimum Gasteiger partial charge on any atom is -0.312 e. The van der Waals surface area contributed by atoms with E-state index in [9.17, 15) is 13.2 Å². The van der Waals surface area contributed by atoms with Crippen LogP contribution in [-0.4, -0.2) is 63.3 Å². The first-order chi connectivity index (χ1) is 10.9. The lowest BCUT2D eigenvalue weighted by Gasteiger charge is -2.32. The lowest BCUT2D eigenvalue weighted by molar-refractivity contribution is -0.118. The molecular formula is C16H23N3O3S. The van der Waals surface area contributed by atoms with E-state index in [1.165, 1.54) is 0 Å². The number of rotatable bonds is 3. The Morgan fingerprint density at radius 2 is 1.78 bits per heavy atom. The number of aryl methyl sites for hydroxylation is 1. The Hall–Kier alpha value is -1.44. The van der Waals surface area contributed by atoms with Crippen LogP contribution in [0.1, 0.15) is 18.9 Å². The number of nitrogens with zero attached hydrogens (tertiary/aromatic N) is 3. The highest BCUT2D eigenvalue weighted by molar-refractivity contribution is 7.89. The fourth-order valence-electron chi connectivity index (χ4n) is 3.22. The molecule has 6 nitrogen and oxygen atoms in total. The number of sulfonamides is 1. The minimum absolute atomic E-state index is 0.106. The lowest BCUT2D eigenvalue weighted by Crippen LogP contribution is -2.47. The van der Waals surface area contributed by atoms with Gasteiger partial charge in [0.25, 0.3) is 0 Å². The van der Waals surface area contributed by atoms with Gasteiger partial charge in [0.2, 0.25) is 15.9 Å². The van der Waals surface area contributed by atoms with Crippen molar-refractivity contribution in [2.45, 2.75) is 24.7 Å². The third-order valence-electron chi connectivity index (χ3n) is 4.67. The van der Waals surface area contributed by atoms with E-state index in [0.717, 1.165) is 24.3 Å². The predicted octanol–water partition coefficient (Wildman–Crippen LogP) is 0.922. The molecular weight excluding hydrogens is 314 g/mol. The quantitative estimate of drug-likeness (QED) is 0.823. The van der Waals surface area contributed by atoms with Crippen molar-refractivity contribution in [2.24, 2.45) is 0 Å². The highest BCUT2D eigenvalue weighted by Gasteiger charge is 2.30. The second-order valence-corrected chi connectivity index (χ2v) is 8.07. The minimum atomic E-state index is -3.45. The molecule has 0 saturated carbocycles. The van der Waals surface area contributed by atoms with E-state index in [2.05, 4.69) is 4.90 Å². The fourth-order valence-corrected chi connectivity index (χ4v) is 4.69. The van der Waals surface area contributed by atoms with Crippen molar-refractivity contribution in [2.75, 3.05) is 44.7 Å². The molecule has 1 aromatic carbocycles. The Morgan fingerprint density at radius 3 is 2.43 bits per heavy atom. The molecule has 1 aromatic rings. The molecule has 0 spiro atoms. The van der Waals surface area contributed by atoms with Crippen molar-refractivity contribution < 1.29 is 13.2 Å². The zero-order valence-electron chi connectivity index (χ0n) is 13.7. The predicted molar refractivity (Wildman–Crippen MR) is 89.0 cm³/mol. The van der Waals surface area contributed by atoms with Crippen LogP contribution in [0.2, 0.25) is 0 Å². The molecule has 1 amide bonds. The van der Waals surface area contributed by atoms with Crippen molar-refractivity contribution in [3.8, 4) is 0 Å². The van der Waals surface area contributed by atoms with Crippen LogP contribution in [0, 0.1) is 0 Å². The first kappa shape index (κ1) is 16.4. The summed E-state index contributed by atoms with van der Waals surface area (Å²) in [6.45, 7) is 5.09. The number of fused-ring (bicyclic) bond motifs is 1. The SMILES string of the molecule is CCN1C(=O)CCc2cc(S(=O)(=O)N3CCN(C)CC3)ccc21. The molecule has 2 aliphatic heterocycles. The summed E-state index contributed by atoms with van der Waals surface area (Å²) in [4.78, 5) is 16.1. The maximum Gasteiger partial charge on any atom is 0.243 e. The number of piperazine rings is 1. The maximum absolute atomic E-state index is 12.8. The fraction of sp³-hybridized carbons (Fsp3) is 0.562. The van der Waals surface area contributed by atoms with Gasteiger partial charge in [0.15, 0.2) is 0 Å². The average Bonchev–Trinajstić information content (AvgIpc) is 2.54. The molecule has 0 atom stereocenters. The first-order valence-electron chi connectivity index (χ1n) is 8.05. The zero-order chi connectivity index (χ0) is 16.6. The molecule has 0 unspecified atom stereocenters. The van der Waals surface area contributed by atoms with Crippen LogP contribution in [-0.2, 0) is 21.2 Å². The van der Waals surface area contributed by atoms with E-state index in [4.69, 9.17) is 0 Å². The van der Waals surface area contributed by atoms with Gasteiger partial charge in [-0.15, -0.1) is 0 Å². The molecule has 0 aromatic heterocycles. The van der Waals surface area contributed by atoms with E-state index in [1.54, 1.807) is 27.4 Å². The molecule has 23 heavy (non-hydrogen) atoms. The molecule has 3 rings (SSSR count). The van der Waals surface area contributed by atoms with Gasteiger partial charge in [0, 0.05) is 44.8 Å². The Kier molecular flexibility index (Phi) is 4.44. The molecule has 7 heteroatoms. The van der Waals surface area contributed by atoms with Crippen molar-refractivity contribution in [1.29, 1.82) is 0 Å². The molecule has 2 heterocycles. The van der Waals surface area contributed by atoms with Crippen LogP contribution in [0.5, 0.6) is 0 Å². The normalized spacial score (nSPS) is 20.6. The lowest BCUT2D eigenvalue weighted by atomic mass is 10.0. The Bertz CT molecular complexity index is 709. The average molecular weight is 337 g/mol. The Labute approximate surface area is 137 Å². The standard InChI is InChI=1S/C16H23N3O3S/c1-3-19-15-6-5-14(12-13(15)4-7-16(19)20)23(21,22)18-10-8-17(2)9-11-18/h5-6,12H,3-4,7-11H2,1-2H3. The van der Waals surface area contributed by atoms with E-state index in [0.29, 0.717) is 37.4 Å². The monoisotopic (exact) mass is 337 g/mol. The number of amides is 1. The molecule has 1 saturated heterocycles. The van der Waals surface area contributed by atoms with E-state index in [-0.39, 0.29) is 5.91 Å². The molecule has 2 aliphatic rings. The van der Waals surface area contributed by atoms with E-state index < -0.39 is 10.0 Å². The number of carbonyl (C=O) groups excluding carboxylic acids is 1. The number of likely N-dealkylation sites (N-methyl/N-ethyl adjacent to an activating group) is 1. The summed E-state index contributed by atoms with van der Waals surface area (Å²) in [5.74, 6) is 0.106. The van der Waals surface area contributed by atoms with Gasteiger partial charge in [-0.1, -0.05) is 0 Å². The number of hydrogen-bond donors (Lipinski definition) is 0. The summed E-state index contributed by atoms with van der Waals surface area (Å²) in [6.07, 6.45) is 1.05. The van der Waals surface area contributed by atoms with E-state index >= 15 is 0 Å². The Morgan fingerprint density at radius 1 is 1.09 bits per heavy atom. The van der Waals surface area contributed by atoms with Gasteiger partial charge >= 0.3 is 0 Å². The topological polar surface area (TPSA) is 60.9 Å². The summed E-state index contributed by atoms with van der Waals surface area (Å²) in [6, 6.07) is 5.16. The number of hydrogen-bond acceptors (Lipinski definition) is 4. The van der Waals surface area contributed by atoms with Crippen LogP contribution in [0.25, 0.3) is 0 Å². The number of benzene rings is 1. The van der Waals surface area contributed by atoms with Crippen LogP contribution >= 0.6 is 0 Å². The highest BCUT2D eigenvalue weighted by atomic mass is 32.2. The van der Waals surface area contributed by atoms with Crippen LogP contribution in [0.3, 0.4) is 0 Å². The molecule has 0 aliphatic carbocycles. The van der Waals surface area contributed by atoms with Crippen LogP contribution < -0.4 is 4.90 Å². The van der Waals surface area contributed by atoms with E-state index in [1.807, 2.05) is 14.0 Å². The van der Waals surface area contributed by atoms with Crippen molar-refractivity contribution in [3.05, 3.63) is 23.8 Å². The third kappa shape index (κ3) is 3.00.